The number of hydrogen-bond donors (Lipinski definition) is 0. The highest BCUT2D eigenvalue weighted by atomic mass is 16.6. The van der Waals surface area contributed by atoms with E-state index < -0.39 is 12.1 Å². The molecule has 0 saturated heterocycles. The summed E-state index contributed by atoms with van der Waals surface area (Å²) >= 11 is 0. The van der Waals surface area contributed by atoms with E-state index in [-0.39, 0.29) is 12.5 Å². The van der Waals surface area contributed by atoms with Gasteiger partial charge in [-0.1, -0.05) is 12.1 Å². The highest BCUT2D eigenvalue weighted by Gasteiger charge is 2.36. The van der Waals surface area contributed by atoms with Gasteiger partial charge in [-0.15, -0.1) is 0 Å². The van der Waals surface area contributed by atoms with Crippen molar-refractivity contribution in [3.8, 4) is 5.75 Å². The third kappa shape index (κ3) is 2.51. The molecule has 7 heteroatoms. The van der Waals surface area contributed by atoms with E-state index in [9.17, 15) is 9.59 Å². The predicted octanol–water partition coefficient (Wildman–Crippen LogP) is 1.62. The number of anilines is 1. The first-order valence-electron chi connectivity index (χ1n) is 7.59. The van der Waals surface area contributed by atoms with E-state index >= 15 is 0 Å². The van der Waals surface area contributed by atoms with Gasteiger partial charge in [0.25, 0.3) is 5.91 Å². The van der Waals surface area contributed by atoms with Crippen LogP contribution >= 0.6 is 0 Å². The van der Waals surface area contributed by atoms with Gasteiger partial charge in [-0.25, -0.2) is 4.79 Å². The molecule has 2 aromatic rings. The number of hydrogen-bond acceptors (Lipinski definition) is 5. The number of methoxy groups -OCH3 is 1. The molecule has 24 heavy (non-hydrogen) atoms. The lowest BCUT2D eigenvalue weighted by molar-refractivity contribution is -0.148. The van der Waals surface area contributed by atoms with Crippen molar-refractivity contribution < 1.29 is 19.1 Å². The van der Waals surface area contributed by atoms with E-state index in [1.807, 2.05) is 13.0 Å². The number of fused-ring (bicyclic) bond motifs is 1. The minimum atomic E-state index is -0.855. The molecule has 126 valence electrons. The van der Waals surface area contributed by atoms with Crippen LogP contribution in [0.2, 0.25) is 0 Å². The van der Waals surface area contributed by atoms with Crippen molar-refractivity contribution in [2.45, 2.75) is 20.0 Å². The second kappa shape index (κ2) is 5.99. The van der Waals surface area contributed by atoms with E-state index in [0.717, 1.165) is 5.69 Å². The summed E-state index contributed by atoms with van der Waals surface area (Å²) in [4.78, 5) is 26.6. The lowest BCUT2D eigenvalue weighted by atomic mass is 10.1. The maximum Gasteiger partial charge on any atom is 0.348 e. The third-order valence-corrected chi connectivity index (χ3v) is 4.21. The molecule has 2 heterocycles. The third-order valence-electron chi connectivity index (χ3n) is 4.21. The fourth-order valence-corrected chi connectivity index (χ4v) is 2.90. The summed E-state index contributed by atoms with van der Waals surface area (Å²) in [5.74, 6) is -0.239. The molecule has 0 saturated carbocycles. The molecule has 0 radical (unpaired) electrons. The highest BCUT2D eigenvalue weighted by Crippen LogP contribution is 2.34. The van der Waals surface area contributed by atoms with E-state index in [4.69, 9.17) is 9.47 Å². The van der Waals surface area contributed by atoms with Gasteiger partial charge in [-0.05, 0) is 26.0 Å². The Morgan fingerprint density at radius 2 is 2.00 bits per heavy atom. The summed E-state index contributed by atoms with van der Waals surface area (Å²) in [5.41, 5.74) is 2.60. The number of ether oxygens (including phenoxy) is 2. The van der Waals surface area contributed by atoms with Gasteiger partial charge in [-0.2, -0.15) is 5.10 Å². The Hall–Kier alpha value is -2.83. The molecule has 1 atom stereocenters. The first kappa shape index (κ1) is 16.0. The molecule has 0 bridgehead atoms. The van der Waals surface area contributed by atoms with Gasteiger partial charge in [0.05, 0.1) is 30.6 Å². The lowest BCUT2D eigenvalue weighted by Gasteiger charge is -2.33. The molecule has 1 aromatic heterocycles. The highest BCUT2D eigenvalue weighted by molar-refractivity contribution is 6.09. The second-order valence-corrected chi connectivity index (χ2v) is 5.68. The van der Waals surface area contributed by atoms with E-state index in [2.05, 4.69) is 5.10 Å². The quantitative estimate of drug-likeness (QED) is 0.783. The molecule has 0 spiro atoms. The van der Waals surface area contributed by atoms with Crippen LogP contribution in [-0.2, 0) is 16.6 Å². The van der Waals surface area contributed by atoms with Crippen LogP contribution in [0.25, 0.3) is 0 Å². The topological polar surface area (TPSA) is 73.7 Å². The van der Waals surface area contributed by atoms with Gasteiger partial charge >= 0.3 is 5.97 Å². The van der Waals surface area contributed by atoms with E-state index in [1.165, 1.54) is 7.11 Å². The number of carbonyl (C=O) groups is 2. The molecule has 7 nitrogen and oxygen atoms in total. The molecule has 1 unspecified atom stereocenters. The van der Waals surface area contributed by atoms with Gasteiger partial charge < -0.3 is 14.4 Å². The first-order valence-corrected chi connectivity index (χ1v) is 7.59. The Balaban J connectivity index is 2.05. The van der Waals surface area contributed by atoms with Crippen molar-refractivity contribution in [3.05, 3.63) is 41.2 Å². The van der Waals surface area contributed by atoms with Crippen LogP contribution in [0.3, 0.4) is 0 Å². The Morgan fingerprint density at radius 1 is 1.29 bits per heavy atom. The van der Waals surface area contributed by atoms with Gasteiger partial charge in [0, 0.05) is 12.7 Å². The van der Waals surface area contributed by atoms with Crippen molar-refractivity contribution >= 4 is 17.6 Å². The predicted molar refractivity (Wildman–Crippen MR) is 87.2 cm³/mol. The Kier molecular flexibility index (Phi) is 4.01. The fourth-order valence-electron chi connectivity index (χ4n) is 2.90. The van der Waals surface area contributed by atoms with Crippen molar-refractivity contribution in [2.24, 2.45) is 7.05 Å². The maximum atomic E-state index is 13.1. The van der Waals surface area contributed by atoms with Crippen molar-refractivity contribution in [2.75, 3.05) is 18.6 Å². The van der Waals surface area contributed by atoms with Gasteiger partial charge in [0.15, 0.2) is 0 Å². The largest absolute Gasteiger partial charge is 0.475 e. The summed E-state index contributed by atoms with van der Waals surface area (Å²) in [6, 6.07) is 7.14. The number of para-hydroxylation sites is 2. The molecule has 0 N–H and O–H groups in total. The molecule has 0 fully saturated rings. The number of aryl methyl sites for hydroxylation is 2. The van der Waals surface area contributed by atoms with Crippen LogP contribution in [0, 0.1) is 13.8 Å². The number of rotatable bonds is 2. The smallest absolute Gasteiger partial charge is 0.348 e. The molecule has 1 aliphatic heterocycles. The van der Waals surface area contributed by atoms with Crippen LogP contribution in [0.1, 0.15) is 21.7 Å². The maximum absolute atomic E-state index is 13.1. The Morgan fingerprint density at radius 3 is 2.62 bits per heavy atom. The van der Waals surface area contributed by atoms with Crippen molar-refractivity contribution in [1.29, 1.82) is 0 Å². The SMILES string of the molecule is COC(=O)C1CN(C(=O)c2c(C)nn(C)c2C)c2ccccc2O1. The summed E-state index contributed by atoms with van der Waals surface area (Å²) in [5, 5.41) is 4.30. The number of amides is 1. The number of carbonyl (C=O) groups excluding carboxylic acids is 2. The number of nitrogens with zero attached hydrogens (tertiary/aromatic N) is 3. The average Bonchev–Trinajstić information content (AvgIpc) is 2.84. The van der Waals surface area contributed by atoms with E-state index in [1.54, 1.807) is 41.8 Å². The van der Waals surface area contributed by atoms with Gasteiger partial charge in [0.1, 0.15) is 5.75 Å². The molecular formula is C17H19N3O4. The normalized spacial score (nSPS) is 16.3. The van der Waals surface area contributed by atoms with Gasteiger partial charge in [0.2, 0.25) is 6.10 Å². The second-order valence-electron chi connectivity index (χ2n) is 5.68. The van der Waals surface area contributed by atoms with Crippen LogP contribution in [0.4, 0.5) is 5.69 Å². The molecule has 3 rings (SSSR count). The lowest BCUT2D eigenvalue weighted by Crippen LogP contribution is -2.47. The average molecular weight is 329 g/mol. The van der Waals surface area contributed by atoms with E-state index in [0.29, 0.717) is 22.7 Å². The summed E-state index contributed by atoms with van der Waals surface area (Å²) in [6.45, 7) is 3.73. The number of aromatic nitrogens is 2. The monoisotopic (exact) mass is 329 g/mol. The zero-order valence-electron chi connectivity index (χ0n) is 14.1. The fraction of sp³-hybridized carbons (Fsp3) is 0.353. The zero-order chi connectivity index (χ0) is 17.4. The zero-order valence-corrected chi connectivity index (χ0v) is 14.1. The number of benzene rings is 1. The van der Waals surface area contributed by atoms with Gasteiger partial charge in [-0.3, -0.25) is 9.48 Å². The summed E-state index contributed by atoms with van der Waals surface area (Å²) < 4.78 is 12.1. The minimum Gasteiger partial charge on any atom is -0.475 e. The molecule has 1 aliphatic rings. The summed E-state index contributed by atoms with van der Waals surface area (Å²) in [7, 11) is 3.09. The minimum absolute atomic E-state index is 0.0935. The van der Waals surface area contributed by atoms with Crippen molar-refractivity contribution in [1.82, 2.24) is 9.78 Å². The molecule has 1 amide bonds. The van der Waals surface area contributed by atoms with Crippen LogP contribution in [-0.4, -0.2) is 41.4 Å². The summed E-state index contributed by atoms with van der Waals surface area (Å²) in [6.07, 6.45) is -0.855. The standard InChI is InChI=1S/C17H19N3O4/c1-10-15(11(2)19(3)18-10)16(21)20-9-14(17(22)23-4)24-13-8-6-5-7-12(13)20/h5-8,14H,9H2,1-4H3. The molecule has 0 aliphatic carbocycles. The number of esters is 1. The van der Waals surface area contributed by atoms with Crippen molar-refractivity contribution in [3.63, 3.8) is 0 Å². The van der Waals surface area contributed by atoms with Crippen LogP contribution in [0.15, 0.2) is 24.3 Å². The van der Waals surface area contributed by atoms with Crippen LogP contribution in [0.5, 0.6) is 5.75 Å². The Labute approximate surface area is 139 Å². The first-order chi connectivity index (χ1) is 11.4. The van der Waals surface area contributed by atoms with Crippen LogP contribution < -0.4 is 9.64 Å². The molecule has 1 aromatic carbocycles. The molecular weight excluding hydrogens is 310 g/mol. The Bertz CT molecular complexity index is 812.